The highest BCUT2D eigenvalue weighted by molar-refractivity contribution is 5.94. The molecule has 2 unspecified atom stereocenters. The van der Waals surface area contributed by atoms with Gasteiger partial charge in [0, 0.05) is 5.56 Å². The third-order valence-corrected chi connectivity index (χ3v) is 3.58. The molecule has 2 aromatic rings. The van der Waals surface area contributed by atoms with Crippen LogP contribution in [0.2, 0.25) is 0 Å². The molecule has 23 heavy (non-hydrogen) atoms. The van der Waals surface area contributed by atoms with Crippen LogP contribution in [0.25, 0.3) is 0 Å². The van der Waals surface area contributed by atoms with Crippen LogP contribution < -0.4 is 10.1 Å². The minimum atomic E-state index is -0.650. The molecule has 0 aromatic heterocycles. The van der Waals surface area contributed by atoms with E-state index in [2.05, 4.69) is 5.32 Å². The van der Waals surface area contributed by atoms with Crippen LogP contribution in [0.3, 0.4) is 0 Å². The molecule has 1 N–H and O–H groups in total. The number of hydrogen-bond acceptors (Lipinski definition) is 3. The van der Waals surface area contributed by atoms with Crippen molar-refractivity contribution in [2.24, 2.45) is 0 Å². The third-order valence-electron chi connectivity index (χ3n) is 3.58. The number of amides is 1. The smallest absolute Gasteiger partial charge is 0.261 e. The van der Waals surface area contributed by atoms with Gasteiger partial charge in [0.1, 0.15) is 5.75 Å². The Morgan fingerprint density at radius 1 is 1.00 bits per heavy atom. The van der Waals surface area contributed by atoms with Gasteiger partial charge in [0.2, 0.25) is 0 Å². The number of nitrogens with one attached hydrogen (secondary N) is 1. The Kier molecular flexibility index (Phi) is 5.52. The van der Waals surface area contributed by atoms with Gasteiger partial charge in [-0.3, -0.25) is 9.59 Å². The Bertz CT molecular complexity index is 682. The lowest BCUT2D eigenvalue weighted by Gasteiger charge is -2.19. The van der Waals surface area contributed by atoms with Gasteiger partial charge in [-0.1, -0.05) is 42.5 Å². The average molecular weight is 311 g/mol. The van der Waals surface area contributed by atoms with E-state index in [1.54, 1.807) is 31.2 Å². The molecule has 0 bridgehead atoms. The minimum Gasteiger partial charge on any atom is -0.481 e. The Labute approximate surface area is 136 Å². The molecule has 0 aliphatic carbocycles. The first-order valence-corrected chi connectivity index (χ1v) is 7.60. The van der Waals surface area contributed by atoms with Gasteiger partial charge in [-0.15, -0.1) is 0 Å². The number of rotatable bonds is 6. The van der Waals surface area contributed by atoms with E-state index in [1.165, 1.54) is 6.92 Å². The molecule has 120 valence electrons. The molecule has 4 nitrogen and oxygen atoms in total. The predicted octanol–water partition coefficient (Wildman–Crippen LogP) is 3.53. The van der Waals surface area contributed by atoms with E-state index in [1.807, 2.05) is 37.3 Å². The van der Waals surface area contributed by atoms with E-state index in [9.17, 15) is 9.59 Å². The van der Waals surface area contributed by atoms with Gasteiger partial charge in [-0.25, -0.2) is 0 Å². The lowest BCUT2D eigenvalue weighted by molar-refractivity contribution is -0.127. The lowest BCUT2D eigenvalue weighted by Crippen LogP contribution is -2.37. The second-order valence-electron chi connectivity index (χ2n) is 5.49. The molecule has 4 heteroatoms. The molecule has 0 aliphatic rings. The molecule has 0 spiro atoms. The maximum atomic E-state index is 12.2. The number of Topliss-reactive ketones (excluding diaryl/α,β-unsaturated/α-hetero) is 1. The highest BCUT2D eigenvalue weighted by Gasteiger charge is 2.18. The molecule has 0 radical (unpaired) electrons. The fraction of sp³-hybridized carbons (Fsp3) is 0.263. The Morgan fingerprint density at radius 3 is 2.35 bits per heavy atom. The first kappa shape index (κ1) is 16.7. The molecule has 0 fully saturated rings. The summed E-state index contributed by atoms with van der Waals surface area (Å²) in [5.41, 5.74) is 1.60. The lowest BCUT2D eigenvalue weighted by atomic mass is 10.1. The summed E-state index contributed by atoms with van der Waals surface area (Å²) < 4.78 is 5.64. The molecular formula is C19H21NO3. The van der Waals surface area contributed by atoms with Crippen LogP contribution in [-0.4, -0.2) is 17.8 Å². The largest absolute Gasteiger partial charge is 0.481 e. The summed E-state index contributed by atoms with van der Waals surface area (Å²) in [6.07, 6.45) is -0.650. The van der Waals surface area contributed by atoms with Gasteiger partial charge in [-0.05, 0) is 38.5 Å². The number of benzene rings is 2. The summed E-state index contributed by atoms with van der Waals surface area (Å²) in [7, 11) is 0. The van der Waals surface area contributed by atoms with Crippen LogP contribution in [0.5, 0.6) is 5.75 Å². The zero-order chi connectivity index (χ0) is 16.8. The molecule has 2 aromatic carbocycles. The van der Waals surface area contributed by atoms with Gasteiger partial charge >= 0.3 is 0 Å². The predicted molar refractivity (Wildman–Crippen MR) is 89.5 cm³/mol. The average Bonchev–Trinajstić information content (AvgIpc) is 2.55. The minimum absolute atomic E-state index is 0.0368. The number of carbonyl (C=O) groups is 2. The monoisotopic (exact) mass is 311 g/mol. The fourth-order valence-corrected chi connectivity index (χ4v) is 2.20. The highest BCUT2D eigenvalue weighted by Crippen LogP contribution is 2.16. The van der Waals surface area contributed by atoms with Crippen molar-refractivity contribution in [3.05, 3.63) is 65.7 Å². The maximum Gasteiger partial charge on any atom is 0.261 e. The molecule has 2 rings (SSSR count). The van der Waals surface area contributed by atoms with Crippen molar-refractivity contribution in [2.45, 2.75) is 32.9 Å². The zero-order valence-electron chi connectivity index (χ0n) is 13.6. The van der Waals surface area contributed by atoms with Crippen molar-refractivity contribution in [1.82, 2.24) is 5.32 Å². The van der Waals surface area contributed by atoms with Crippen molar-refractivity contribution in [3.8, 4) is 5.75 Å². The van der Waals surface area contributed by atoms with E-state index < -0.39 is 6.10 Å². The van der Waals surface area contributed by atoms with Gasteiger partial charge in [0.05, 0.1) is 6.04 Å². The summed E-state index contributed by atoms with van der Waals surface area (Å²) in [5, 5.41) is 2.92. The van der Waals surface area contributed by atoms with Crippen molar-refractivity contribution in [2.75, 3.05) is 0 Å². The van der Waals surface area contributed by atoms with Crippen LogP contribution in [0.15, 0.2) is 54.6 Å². The van der Waals surface area contributed by atoms with E-state index in [0.29, 0.717) is 11.3 Å². The zero-order valence-corrected chi connectivity index (χ0v) is 13.6. The van der Waals surface area contributed by atoms with E-state index >= 15 is 0 Å². The Morgan fingerprint density at radius 2 is 1.70 bits per heavy atom. The standard InChI is InChI=1S/C19H21NO3/c1-13(16-8-5-4-6-9-16)20-19(22)15(3)23-18-11-7-10-17(12-18)14(2)21/h4-13,15H,1-3H3,(H,20,22). The number of hydrogen-bond donors (Lipinski definition) is 1. The van der Waals surface area contributed by atoms with E-state index in [0.717, 1.165) is 5.56 Å². The topological polar surface area (TPSA) is 55.4 Å². The number of carbonyl (C=O) groups excluding carboxylic acids is 2. The first-order chi connectivity index (χ1) is 11.0. The normalized spacial score (nSPS) is 13.0. The van der Waals surface area contributed by atoms with Crippen LogP contribution in [-0.2, 0) is 4.79 Å². The summed E-state index contributed by atoms with van der Waals surface area (Å²) in [4.78, 5) is 23.6. The third kappa shape index (κ3) is 4.68. The fourth-order valence-electron chi connectivity index (χ4n) is 2.20. The molecule has 1 amide bonds. The summed E-state index contributed by atoms with van der Waals surface area (Å²) in [6, 6.07) is 16.5. The quantitative estimate of drug-likeness (QED) is 0.830. The maximum absolute atomic E-state index is 12.2. The SMILES string of the molecule is CC(=O)c1cccc(OC(C)C(=O)NC(C)c2ccccc2)c1. The molecular weight excluding hydrogens is 290 g/mol. The van der Waals surface area contributed by atoms with Gasteiger partial charge in [-0.2, -0.15) is 0 Å². The van der Waals surface area contributed by atoms with Gasteiger partial charge < -0.3 is 10.1 Å². The van der Waals surface area contributed by atoms with Crippen LogP contribution >= 0.6 is 0 Å². The Hall–Kier alpha value is -2.62. The van der Waals surface area contributed by atoms with Crippen LogP contribution in [0.1, 0.15) is 42.7 Å². The van der Waals surface area contributed by atoms with Gasteiger partial charge in [0.15, 0.2) is 11.9 Å². The van der Waals surface area contributed by atoms with Crippen molar-refractivity contribution >= 4 is 11.7 Å². The molecule has 0 aliphatic heterocycles. The van der Waals surface area contributed by atoms with Crippen molar-refractivity contribution in [3.63, 3.8) is 0 Å². The van der Waals surface area contributed by atoms with E-state index in [-0.39, 0.29) is 17.7 Å². The number of ether oxygens (including phenoxy) is 1. The molecule has 0 saturated carbocycles. The first-order valence-electron chi connectivity index (χ1n) is 7.60. The summed E-state index contributed by atoms with van der Waals surface area (Å²) in [6.45, 7) is 5.11. The van der Waals surface area contributed by atoms with Crippen LogP contribution in [0, 0.1) is 0 Å². The van der Waals surface area contributed by atoms with Crippen molar-refractivity contribution < 1.29 is 14.3 Å². The van der Waals surface area contributed by atoms with Crippen molar-refractivity contribution in [1.29, 1.82) is 0 Å². The molecule has 2 atom stereocenters. The summed E-state index contributed by atoms with van der Waals surface area (Å²) in [5.74, 6) is 0.271. The molecule has 0 heterocycles. The second-order valence-corrected chi connectivity index (χ2v) is 5.49. The molecule has 0 saturated heterocycles. The second kappa shape index (κ2) is 7.58. The number of ketones is 1. The van der Waals surface area contributed by atoms with Gasteiger partial charge in [0.25, 0.3) is 5.91 Å². The Balaban J connectivity index is 1.97. The van der Waals surface area contributed by atoms with E-state index in [4.69, 9.17) is 4.74 Å². The highest BCUT2D eigenvalue weighted by atomic mass is 16.5. The summed E-state index contributed by atoms with van der Waals surface area (Å²) >= 11 is 0. The van der Waals surface area contributed by atoms with Crippen LogP contribution in [0.4, 0.5) is 0 Å².